The molecular weight excluding hydrogens is 456 g/mol. The highest BCUT2D eigenvalue weighted by molar-refractivity contribution is 9.11. The Morgan fingerprint density at radius 1 is 0.700 bits per heavy atom. The SMILES string of the molecule is Brc1sccc1-c1cc2sc(-c3ccsc3Br)cc2s1. The number of hydrogen-bond donors (Lipinski definition) is 0. The van der Waals surface area contributed by atoms with Crippen molar-refractivity contribution in [1.82, 2.24) is 0 Å². The Bertz CT molecular complexity index is 792. The first-order valence-corrected chi connectivity index (χ1v) is 10.7. The summed E-state index contributed by atoms with van der Waals surface area (Å²) < 4.78 is 5.17. The molecule has 0 fully saturated rings. The highest BCUT2D eigenvalue weighted by atomic mass is 79.9. The standard InChI is InChI=1S/C14H6Br2S4/c15-13-7(1-3-17-13)9-5-11-12(19-9)6-10(20-11)8-2-4-18-14(8)16/h1-6H. The van der Waals surface area contributed by atoms with Crippen molar-refractivity contribution in [3.05, 3.63) is 42.6 Å². The van der Waals surface area contributed by atoms with Crippen molar-refractivity contribution >= 4 is 86.6 Å². The van der Waals surface area contributed by atoms with Crippen molar-refractivity contribution < 1.29 is 0 Å². The molecule has 0 bridgehead atoms. The van der Waals surface area contributed by atoms with Crippen LogP contribution in [0.4, 0.5) is 0 Å². The van der Waals surface area contributed by atoms with Gasteiger partial charge in [-0.1, -0.05) is 0 Å². The maximum absolute atomic E-state index is 3.63. The normalized spacial score (nSPS) is 11.5. The van der Waals surface area contributed by atoms with E-state index in [0.717, 1.165) is 0 Å². The van der Waals surface area contributed by atoms with Gasteiger partial charge >= 0.3 is 0 Å². The summed E-state index contributed by atoms with van der Waals surface area (Å²) >= 11 is 14.5. The van der Waals surface area contributed by atoms with Crippen LogP contribution in [0.25, 0.3) is 30.3 Å². The molecule has 0 saturated heterocycles. The molecule has 20 heavy (non-hydrogen) atoms. The van der Waals surface area contributed by atoms with Crippen LogP contribution in [-0.2, 0) is 0 Å². The quantitative estimate of drug-likeness (QED) is 0.284. The molecule has 100 valence electrons. The lowest BCUT2D eigenvalue weighted by atomic mass is 10.3. The topological polar surface area (TPSA) is 0 Å². The van der Waals surface area contributed by atoms with Gasteiger partial charge in [0.15, 0.2) is 0 Å². The summed E-state index contributed by atoms with van der Waals surface area (Å²) in [6, 6.07) is 8.98. The van der Waals surface area contributed by atoms with Crippen LogP contribution in [0.5, 0.6) is 0 Å². The van der Waals surface area contributed by atoms with Gasteiger partial charge in [0, 0.05) is 30.3 Å². The molecule has 0 aliphatic carbocycles. The lowest BCUT2D eigenvalue weighted by Gasteiger charge is -1.93. The number of rotatable bonds is 2. The van der Waals surface area contributed by atoms with Crippen LogP contribution in [0.3, 0.4) is 0 Å². The molecule has 0 amide bonds. The highest BCUT2D eigenvalue weighted by Gasteiger charge is 2.13. The van der Waals surface area contributed by atoms with E-state index in [9.17, 15) is 0 Å². The Morgan fingerprint density at radius 2 is 1.15 bits per heavy atom. The van der Waals surface area contributed by atoms with Gasteiger partial charge in [-0.3, -0.25) is 0 Å². The third kappa shape index (κ3) is 2.26. The molecule has 4 aromatic heterocycles. The third-order valence-corrected chi connectivity index (χ3v) is 8.71. The molecular formula is C14H6Br2S4. The van der Waals surface area contributed by atoms with Crippen molar-refractivity contribution in [2.24, 2.45) is 0 Å². The zero-order valence-electron chi connectivity index (χ0n) is 9.85. The summed E-state index contributed by atoms with van der Waals surface area (Å²) in [6.45, 7) is 0. The highest BCUT2D eigenvalue weighted by Crippen LogP contribution is 2.46. The lowest BCUT2D eigenvalue weighted by Crippen LogP contribution is -1.65. The van der Waals surface area contributed by atoms with Gasteiger partial charge in [-0.15, -0.1) is 45.3 Å². The fraction of sp³-hybridized carbons (Fsp3) is 0. The molecule has 4 rings (SSSR count). The van der Waals surface area contributed by atoms with Gasteiger partial charge < -0.3 is 0 Å². The molecule has 0 atom stereocenters. The van der Waals surface area contributed by atoms with Gasteiger partial charge in [0.05, 0.1) is 7.57 Å². The van der Waals surface area contributed by atoms with Gasteiger partial charge in [0.1, 0.15) is 0 Å². The van der Waals surface area contributed by atoms with E-state index in [1.54, 1.807) is 22.7 Å². The summed E-state index contributed by atoms with van der Waals surface area (Å²) in [5.41, 5.74) is 2.61. The zero-order valence-corrected chi connectivity index (χ0v) is 16.3. The first-order chi connectivity index (χ1) is 9.72. The Balaban J connectivity index is 1.82. The molecule has 0 N–H and O–H groups in total. The smallest absolute Gasteiger partial charge is 0.0784 e. The minimum atomic E-state index is 1.22. The molecule has 0 aromatic carbocycles. The Hall–Kier alpha value is 0.0200. The van der Waals surface area contributed by atoms with E-state index in [0.29, 0.717) is 0 Å². The Labute approximate surface area is 149 Å². The van der Waals surface area contributed by atoms with Crippen molar-refractivity contribution in [2.45, 2.75) is 0 Å². The van der Waals surface area contributed by atoms with E-state index in [1.807, 2.05) is 22.7 Å². The fourth-order valence-corrected chi connectivity index (χ4v) is 7.49. The summed E-state index contributed by atoms with van der Waals surface area (Å²) in [5, 5.41) is 4.25. The van der Waals surface area contributed by atoms with E-state index in [-0.39, 0.29) is 0 Å². The van der Waals surface area contributed by atoms with Crippen molar-refractivity contribution in [3.63, 3.8) is 0 Å². The van der Waals surface area contributed by atoms with E-state index >= 15 is 0 Å². The second-order valence-corrected chi connectivity index (χ2v) is 10.8. The first kappa shape index (κ1) is 13.7. The number of thiophene rings is 4. The second-order valence-electron chi connectivity index (χ2n) is 4.17. The van der Waals surface area contributed by atoms with Crippen LogP contribution in [0.2, 0.25) is 0 Å². The minimum absolute atomic E-state index is 1.22. The maximum atomic E-state index is 3.63. The van der Waals surface area contributed by atoms with Crippen molar-refractivity contribution in [1.29, 1.82) is 0 Å². The zero-order chi connectivity index (χ0) is 13.7. The predicted octanol–water partition coefficient (Wildman–Crippen LogP) is 7.94. The molecule has 4 aromatic rings. The van der Waals surface area contributed by atoms with E-state index in [2.05, 4.69) is 66.9 Å². The summed E-state index contributed by atoms with van der Waals surface area (Å²) in [7, 11) is 0. The van der Waals surface area contributed by atoms with Crippen LogP contribution in [0.15, 0.2) is 42.6 Å². The maximum Gasteiger partial charge on any atom is 0.0784 e. The molecule has 0 aliphatic rings. The molecule has 0 saturated carbocycles. The van der Waals surface area contributed by atoms with Crippen LogP contribution in [0, 0.1) is 0 Å². The van der Waals surface area contributed by atoms with Gasteiger partial charge in [-0.2, -0.15) is 0 Å². The number of halogens is 2. The monoisotopic (exact) mass is 460 g/mol. The van der Waals surface area contributed by atoms with E-state index in [4.69, 9.17) is 0 Å². The molecule has 0 radical (unpaired) electrons. The lowest BCUT2D eigenvalue weighted by molar-refractivity contribution is 1.88. The van der Waals surface area contributed by atoms with E-state index in [1.165, 1.54) is 37.9 Å². The molecule has 0 aliphatic heterocycles. The number of hydrogen-bond acceptors (Lipinski definition) is 4. The molecule has 0 unspecified atom stereocenters. The van der Waals surface area contributed by atoms with Crippen LogP contribution in [-0.4, -0.2) is 0 Å². The Morgan fingerprint density at radius 3 is 1.50 bits per heavy atom. The van der Waals surface area contributed by atoms with Gasteiger partial charge in [-0.25, -0.2) is 0 Å². The van der Waals surface area contributed by atoms with Gasteiger partial charge in [0.2, 0.25) is 0 Å². The molecule has 4 heterocycles. The largest absolute Gasteiger partial charge is 0.136 e. The second kappa shape index (κ2) is 5.34. The fourth-order valence-electron chi connectivity index (χ4n) is 2.04. The Kier molecular flexibility index (Phi) is 3.65. The summed E-state index contributed by atoms with van der Waals surface area (Å²) in [6.07, 6.45) is 0. The van der Waals surface area contributed by atoms with Crippen LogP contribution in [0.1, 0.15) is 0 Å². The first-order valence-electron chi connectivity index (χ1n) is 5.72. The van der Waals surface area contributed by atoms with Crippen molar-refractivity contribution in [3.8, 4) is 20.9 Å². The molecule has 6 heteroatoms. The predicted molar refractivity (Wildman–Crippen MR) is 102 cm³/mol. The molecule has 0 nitrogen and oxygen atoms in total. The van der Waals surface area contributed by atoms with Gasteiger partial charge in [-0.05, 0) is 66.9 Å². The van der Waals surface area contributed by atoms with Crippen LogP contribution >= 0.6 is 77.2 Å². The van der Waals surface area contributed by atoms with E-state index < -0.39 is 0 Å². The third-order valence-electron chi connectivity index (χ3n) is 2.97. The minimum Gasteiger partial charge on any atom is -0.136 e. The number of fused-ring (bicyclic) bond motifs is 1. The molecule has 0 spiro atoms. The summed E-state index contributed by atoms with van der Waals surface area (Å²) in [5.74, 6) is 0. The van der Waals surface area contributed by atoms with Crippen molar-refractivity contribution in [2.75, 3.05) is 0 Å². The summed E-state index contributed by atoms with van der Waals surface area (Å²) in [4.78, 5) is 2.69. The van der Waals surface area contributed by atoms with Crippen LogP contribution < -0.4 is 0 Å². The average molecular weight is 462 g/mol. The van der Waals surface area contributed by atoms with Gasteiger partial charge in [0.25, 0.3) is 0 Å². The average Bonchev–Trinajstić information content (AvgIpc) is 3.10.